The predicted octanol–water partition coefficient (Wildman–Crippen LogP) is 1.98. The molecule has 0 aromatic rings. The van der Waals surface area contributed by atoms with E-state index < -0.39 is 5.97 Å². The lowest BCUT2D eigenvalue weighted by molar-refractivity contribution is -0.136. The molecule has 10 heavy (non-hydrogen) atoms. The van der Waals surface area contributed by atoms with Gasteiger partial charge in [-0.1, -0.05) is 25.7 Å². The van der Waals surface area contributed by atoms with E-state index in [1.807, 2.05) is 13.0 Å². The van der Waals surface area contributed by atoms with Gasteiger partial charge in [0.15, 0.2) is 0 Å². The van der Waals surface area contributed by atoms with Crippen molar-refractivity contribution in [2.45, 2.75) is 19.8 Å². The maximum Gasteiger partial charge on any atom is 0.307 e. The molecule has 2 nitrogen and oxygen atoms in total. The molecule has 0 bridgehead atoms. The molecule has 0 fully saturated rings. The summed E-state index contributed by atoms with van der Waals surface area (Å²) in [6.45, 7) is 5.46. The van der Waals surface area contributed by atoms with Crippen LogP contribution in [0.15, 0.2) is 24.3 Å². The Kier molecular flexibility index (Phi) is 4.29. The summed E-state index contributed by atoms with van der Waals surface area (Å²) in [7, 11) is 0. The number of aliphatic carboxylic acids is 1. The topological polar surface area (TPSA) is 37.3 Å². The van der Waals surface area contributed by atoms with E-state index in [-0.39, 0.29) is 6.42 Å². The van der Waals surface area contributed by atoms with E-state index in [9.17, 15) is 4.79 Å². The normalized spacial score (nSPS) is 11.1. The molecule has 0 amide bonds. The summed E-state index contributed by atoms with van der Waals surface area (Å²) < 4.78 is 0. The van der Waals surface area contributed by atoms with Crippen LogP contribution < -0.4 is 0 Å². The Balaban J connectivity index is 3.95. The van der Waals surface area contributed by atoms with Gasteiger partial charge in [-0.2, -0.15) is 0 Å². The summed E-state index contributed by atoms with van der Waals surface area (Å²) in [6.07, 6.45) is 4.38. The van der Waals surface area contributed by atoms with Gasteiger partial charge in [0.05, 0.1) is 6.42 Å². The Labute approximate surface area is 60.9 Å². The van der Waals surface area contributed by atoms with Crippen molar-refractivity contribution in [1.29, 1.82) is 0 Å². The quantitative estimate of drug-likeness (QED) is 0.606. The zero-order valence-electron chi connectivity index (χ0n) is 6.13. The Morgan fingerprint density at radius 2 is 2.30 bits per heavy atom. The van der Waals surface area contributed by atoms with Crippen molar-refractivity contribution in [2.24, 2.45) is 0 Å². The fourth-order valence-corrected chi connectivity index (χ4v) is 0.664. The van der Waals surface area contributed by atoms with Gasteiger partial charge >= 0.3 is 5.97 Å². The van der Waals surface area contributed by atoms with Crippen LogP contribution in [0.2, 0.25) is 0 Å². The summed E-state index contributed by atoms with van der Waals surface area (Å²) in [5, 5.41) is 8.35. The van der Waals surface area contributed by atoms with Crippen molar-refractivity contribution >= 4 is 5.97 Å². The zero-order chi connectivity index (χ0) is 7.98. The van der Waals surface area contributed by atoms with Crippen LogP contribution in [-0.4, -0.2) is 11.1 Å². The highest BCUT2D eigenvalue weighted by molar-refractivity contribution is 5.70. The van der Waals surface area contributed by atoms with Crippen LogP contribution in [-0.2, 0) is 4.79 Å². The molecule has 0 atom stereocenters. The second-order valence-electron chi connectivity index (χ2n) is 1.96. The minimum absolute atomic E-state index is 0.0807. The maximum absolute atomic E-state index is 10.2. The van der Waals surface area contributed by atoms with Crippen LogP contribution in [0.25, 0.3) is 0 Å². The first-order valence-corrected chi connectivity index (χ1v) is 3.24. The summed E-state index contributed by atoms with van der Waals surface area (Å²) in [5.74, 6) is -0.806. The predicted molar refractivity (Wildman–Crippen MR) is 40.8 cm³/mol. The molecule has 0 aliphatic rings. The van der Waals surface area contributed by atoms with Crippen LogP contribution >= 0.6 is 0 Å². The van der Waals surface area contributed by atoms with Gasteiger partial charge in [0, 0.05) is 0 Å². The summed E-state index contributed by atoms with van der Waals surface area (Å²) in [4.78, 5) is 10.2. The highest BCUT2D eigenvalue weighted by Crippen LogP contribution is 2.02. The molecular formula is C8H12O2. The average molecular weight is 140 g/mol. The molecule has 0 unspecified atom stereocenters. The fraction of sp³-hybridized carbons (Fsp3) is 0.375. The molecule has 0 saturated carbocycles. The van der Waals surface area contributed by atoms with Crippen LogP contribution in [0.4, 0.5) is 0 Å². The molecule has 1 N–H and O–H groups in total. The van der Waals surface area contributed by atoms with Gasteiger partial charge in [-0.3, -0.25) is 4.79 Å². The lowest BCUT2D eigenvalue weighted by Crippen LogP contribution is -1.94. The first-order chi connectivity index (χ1) is 4.70. The van der Waals surface area contributed by atoms with Crippen LogP contribution in [0.1, 0.15) is 19.8 Å². The molecule has 0 aliphatic heterocycles. The smallest absolute Gasteiger partial charge is 0.307 e. The minimum Gasteiger partial charge on any atom is -0.481 e. The summed E-state index contributed by atoms with van der Waals surface area (Å²) >= 11 is 0. The van der Waals surface area contributed by atoms with Crippen molar-refractivity contribution in [1.82, 2.24) is 0 Å². The van der Waals surface area contributed by atoms with E-state index >= 15 is 0 Å². The van der Waals surface area contributed by atoms with Crippen molar-refractivity contribution in [2.75, 3.05) is 0 Å². The maximum atomic E-state index is 10.2. The van der Waals surface area contributed by atoms with Crippen LogP contribution in [0, 0.1) is 0 Å². The number of rotatable bonds is 4. The zero-order valence-corrected chi connectivity index (χ0v) is 6.13. The molecule has 0 rings (SSSR count). The van der Waals surface area contributed by atoms with Gasteiger partial charge in [-0.25, -0.2) is 0 Å². The van der Waals surface area contributed by atoms with Crippen molar-refractivity contribution in [3.05, 3.63) is 24.3 Å². The average Bonchev–Trinajstić information content (AvgIpc) is 1.86. The number of carboxylic acid groups (broad SMARTS) is 1. The van der Waals surface area contributed by atoms with E-state index in [0.29, 0.717) is 0 Å². The first-order valence-electron chi connectivity index (χ1n) is 3.24. The second-order valence-corrected chi connectivity index (χ2v) is 1.96. The van der Waals surface area contributed by atoms with Crippen molar-refractivity contribution in [3.8, 4) is 0 Å². The number of carboxylic acids is 1. The van der Waals surface area contributed by atoms with Crippen molar-refractivity contribution < 1.29 is 9.90 Å². The number of hydrogen-bond acceptors (Lipinski definition) is 1. The molecule has 0 saturated heterocycles. The molecule has 56 valence electrons. The van der Waals surface area contributed by atoms with Crippen molar-refractivity contribution in [3.63, 3.8) is 0 Å². The SMILES string of the molecule is C=CC(=CCC)CC(=O)O. The van der Waals surface area contributed by atoms with Gasteiger partial charge in [-0.05, 0) is 12.0 Å². The van der Waals surface area contributed by atoms with Crippen LogP contribution in [0.3, 0.4) is 0 Å². The van der Waals surface area contributed by atoms with Gasteiger partial charge in [0.2, 0.25) is 0 Å². The van der Waals surface area contributed by atoms with Gasteiger partial charge in [-0.15, -0.1) is 0 Å². The Morgan fingerprint density at radius 3 is 2.60 bits per heavy atom. The summed E-state index contributed by atoms with van der Waals surface area (Å²) in [6, 6.07) is 0. The fourth-order valence-electron chi connectivity index (χ4n) is 0.664. The monoisotopic (exact) mass is 140 g/mol. The van der Waals surface area contributed by atoms with E-state index in [2.05, 4.69) is 6.58 Å². The van der Waals surface area contributed by atoms with E-state index in [1.54, 1.807) is 6.08 Å². The Bertz CT molecular complexity index is 157. The molecule has 0 aromatic heterocycles. The molecule has 0 aromatic carbocycles. The largest absolute Gasteiger partial charge is 0.481 e. The van der Waals surface area contributed by atoms with E-state index in [1.165, 1.54) is 0 Å². The molecule has 0 heterocycles. The highest BCUT2D eigenvalue weighted by Gasteiger charge is 1.97. The number of hydrogen-bond donors (Lipinski definition) is 1. The lowest BCUT2D eigenvalue weighted by atomic mass is 10.1. The Hall–Kier alpha value is -1.05. The third-order valence-electron chi connectivity index (χ3n) is 1.08. The molecule has 0 spiro atoms. The molecule has 0 aliphatic carbocycles. The van der Waals surface area contributed by atoms with Gasteiger partial charge in [0.1, 0.15) is 0 Å². The molecular weight excluding hydrogens is 128 g/mol. The van der Waals surface area contributed by atoms with Gasteiger partial charge < -0.3 is 5.11 Å². The second kappa shape index (κ2) is 4.79. The number of carbonyl (C=O) groups is 1. The number of allylic oxidation sites excluding steroid dienone is 2. The first kappa shape index (κ1) is 8.95. The molecule has 0 radical (unpaired) electrons. The van der Waals surface area contributed by atoms with Crippen LogP contribution in [0.5, 0.6) is 0 Å². The van der Waals surface area contributed by atoms with E-state index in [0.717, 1.165) is 12.0 Å². The van der Waals surface area contributed by atoms with Gasteiger partial charge in [0.25, 0.3) is 0 Å². The summed E-state index contributed by atoms with van der Waals surface area (Å²) in [5.41, 5.74) is 0.787. The Morgan fingerprint density at radius 1 is 1.70 bits per heavy atom. The third kappa shape index (κ3) is 3.89. The highest BCUT2D eigenvalue weighted by atomic mass is 16.4. The lowest BCUT2D eigenvalue weighted by Gasteiger charge is -1.94. The third-order valence-corrected chi connectivity index (χ3v) is 1.08. The van der Waals surface area contributed by atoms with E-state index in [4.69, 9.17) is 5.11 Å². The minimum atomic E-state index is -0.806. The standard InChI is InChI=1S/C8H12O2/c1-3-5-7(4-2)6-8(9)10/h4-5H,2-3,6H2,1H3,(H,9,10). The molecule has 2 heteroatoms.